The zero-order valence-electron chi connectivity index (χ0n) is 22.4. The molecule has 0 aliphatic rings. The lowest BCUT2D eigenvalue weighted by atomic mass is 9.83. The topological polar surface area (TPSA) is 37.3 Å². The van der Waals surface area contributed by atoms with E-state index in [0.29, 0.717) is 6.42 Å². The zero-order valence-corrected chi connectivity index (χ0v) is 22.4. The van der Waals surface area contributed by atoms with Crippen molar-refractivity contribution in [2.45, 2.75) is 71.1 Å². The van der Waals surface area contributed by atoms with E-state index in [2.05, 4.69) is 79.7 Å². The summed E-state index contributed by atoms with van der Waals surface area (Å²) in [6.07, 6.45) is 11.5. The van der Waals surface area contributed by atoms with Gasteiger partial charge in [0, 0.05) is 6.42 Å². The van der Waals surface area contributed by atoms with E-state index in [1.165, 1.54) is 110 Å². The van der Waals surface area contributed by atoms with Crippen LogP contribution in [0.3, 0.4) is 0 Å². The molecule has 0 saturated carbocycles. The molecule has 0 saturated heterocycles. The quantitative estimate of drug-likeness (QED) is 0.115. The highest BCUT2D eigenvalue weighted by atomic mass is 16.4. The van der Waals surface area contributed by atoms with E-state index in [1.54, 1.807) is 0 Å². The number of rotatable bonds is 10. The summed E-state index contributed by atoms with van der Waals surface area (Å²) in [6.45, 7) is 2.23. The Kier molecular flexibility index (Phi) is 6.89. The van der Waals surface area contributed by atoms with Crippen molar-refractivity contribution in [1.82, 2.24) is 0 Å². The van der Waals surface area contributed by atoms with Crippen LogP contribution in [0.25, 0.3) is 64.6 Å². The lowest BCUT2D eigenvalue weighted by Crippen LogP contribution is -1.93. The van der Waals surface area contributed by atoms with Gasteiger partial charge >= 0.3 is 5.97 Å². The van der Waals surface area contributed by atoms with Crippen LogP contribution in [0, 0.1) is 0 Å². The third kappa shape index (κ3) is 4.36. The molecule has 0 aliphatic heterocycles. The largest absolute Gasteiger partial charge is 0.481 e. The summed E-state index contributed by atoms with van der Waals surface area (Å²) in [6, 6.07) is 27.3. The molecule has 0 fully saturated rings. The van der Waals surface area contributed by atoms with E-state index in [9.17, 15) is 4.79 Å². The summed E-state index contributed by atoms with van der Waals surface area (Å²) >= 11 is 0. The monoisotopic (exact) mass is 500 g/mol. The van der Waals surface area contributed by atoms with Crippen molar-refractivity contribution in [3.05, 3.63) is 72.8 Å². The Balaban J connectivity index is 0.000000165. The normalized spacial score (nSPS) is 12.0. The fraction of sp³-hybridized carbons (Fsp3) is 0.306. The first-order chi connectivity index (χ1) is 18.7. The molecule has 2 nitrogen and oxygen atoms in total. The first-order valence-electron chi connectivity index (χ1n) is 14.5. The second kappa shape index (κ2) is 10.6. The zero-order chi connectivity index (χ0) is 26.1. The molecule has 0 unspecified atom stereocenters. The van der Waals surface area contributed by atoms with E-state index in [4.69, 9.17) is 5.11 Å². The number of hydrogen-bond acceptors (Lipinski definition) is 1. The molecule has 38 heavy (non-hydrogen) atoms. The summed E-state index contributed by atoms with van der Waals surface area (Å²) in [4.78, 5) is 10.2. The van der Waals surface area contributed by atoms with Crippen molar-refractivity contribution >= 4 is 70.6 Å². The van der Waals surface area contributed by atoms with Crippen LogP contribution >= 0.6 is 0 Å². The number of aliphatic carboxylic acids is 1. The standard InChI is InChI=1S/C24H12.C12H24O2/c1-2-14-5-6-16-9-11-18-12-10-17-8-7-15-4-3-13(1)19-20(14)22(16)24(18)23(17)21(15)19;1-2-3-4-5-6-7-8-9-10-11-12(13)14/h1-12H;2-11H2,1H3,(H,13,14). The molecular weight excluding hydrogens is 464 g/mol. The minimum absolute atomic E-state index is 0.343. The minimum Gasteiger partial charge on any atom is -0.481 e. The van der Waals surface area contributed by atoms with Gasteiger partial charge in [0.1, 0.15) is 0 Å². The Bertz CT molecular complexity index is 1420. The highest BCUT2D eigenvalue weighted by Crippen LogP contribution is 2.47. The van der Waals surface area contributed by atoms with E-state index >= 15 is 0 Å². The molecule has 0 amide bonds. The molecular formula is C36H36O2. The molecule has 0 bridgehead atoms. The SMILES string of the molecule is CCCCCCCCCCCC(=O)O.c1cc2ccc3ccc4ccc5ccc6ccc1c1c2c3c4c5c61. The average Bonchev–Trinajstić information content (AvgIpc) is 2.95. The van der Waals surface area contributed by atoms with E-state index in [0.717, 1.165) is 12.8 Å². The van der Waals surface area contributed by atoms with Gasteiger partial charge in [0.25, 0.3) is 0 Å². The fourth-order valence-corrected chi connectivity index (χ4v) is 6.48. The van der Waals surface area contributed by atoms with Gasteiger partial charge in [-0.1, -0.05) is 131 Å². The minimum atomic E-state index is -0.659. The summed E-state index contributed by atoms with van der Waals surface area (Å²) in [7, 11) is 0. The molecule has 0 spiro atoms. The Morgan fingerprint density at radius 3 is 0.921 bits per heavy atom. The summed E-state index contributed by atoms with van der Waals surface area (Å²) in [5.41, 5.74) is 0. The van der Waals surface area contributed by atoms with Crippen LogP contribution in [0.4, 0.5) is 0 Å². The predicted molar refractivity (Wildman–Crippen MR) is 165 cm³/mol. The number of carbonyl (C=O) groups is 1. The molecule has 7 aromatic carbocycles. The van der Waals surface area contributed by atoms with Gasteiger partial charge in [-0.3, -0.25) is 4.79 Å². The second-order valence-electron chi connectivity index (χ2n) is 11.0. The Morgan fingerprint density at radius 1 is 0.447 bits per heavy atom. The van der Waals surface area contributed by atoms with Gasteiger partial charge in [-0.05, 0) is 71.1 Å². The smallest absolute Gasteiger partial charge is 0.303 e. The fourth-order valence-electron chi connectivity index (χ4n) is 6.48. The average molecular weight is 501 g/mol. The molecule has 7 rings (SSSR count). The molecule has 7 aromatic rings. The van der Waals surface area contributed by atoms with Gasteiger partial charge in [0.15, 0.2) is 0 Å². The van der Waals surface area contributed by atoms with Crippen molar-refractivity contribution in [1.29, 1.82) is 0 Å². The Labute approximate surface area is 224 Å². The van der Waals surface area contributed by atoms with Crippen LogP contribution in [0.1, 0.15) is 71.1 Å². The molecule has 0 aromatic heterocycles. The number of unbranched alkanes of at least 4 members (excludes halogenated alkanes) is 8. The number of carboxylic acids is 1. The predicted octanol–water partition coefficient (Wildman–Crippen LogP) is 10.9. The molecule has 192 valence electrons. The number of benzene rings is 7. The third-order valence-corrected chi connectivity index (χ3v) is 8.38. The van der Waals surface area contributed by atoms with Gasteiger partial charge in [-0.15, -0.1) is 0 Å². The molecule has 1 N–H and O–H groups in total. The maximum atomic E-state index is 10.2. The van der Waals surface area contributed by atoms with Crippen LogP contribution in [0.15, 0.2) is 72.8 Å². The third-order valence-electron chi connectivity index (χ3n) is 8.38. The van der Waals surface area contributed by atoms with E-state index in [-0.39, 0.29) is 0 Å². The van der Waals surface area contributed by atoms with Crippen LogP contribution in [-0.4, -0.2) is 11.1 Å². The summed E-state index contributed by atoms with van der Waals surface area (Å²) in [5, 5.41) is 25.1. The van der Waals surface area contributed by atoms with Crippen molar-refractivity contribution in [3.8, 4) is 0 Å². The lowest BCUT2D eigenvalue weighted by molar-refractivity contribution is -0.137. The summed E-state index contributed by atoms with van der Waals surface area (Å²) in [5.74, 6) is -0.659. The summed E-state index contributed by atoms with van der Waals surface area (Å²) < 4.78 is 0. The molecule has 0 radical (unpaired) electrons. The first-order valence-corrected chi connectivity index (χ1v) is 14.5. The lowest BCUT2D eigenvalue weighted by Gasteiger charge is -2.20. The molecule has 0 atom stereocenters. The Morgan fingerprint density at radius 2 is 0.684 bits per heavy atom. The van der Waals surface area contributed by atoms with Gasteiger partial charge in [-0.2, -0.15) is 0 Å². The molecule has 2 heteroatoms. The highest BCUT2D eigenvalue weighted by Gasteiger charge is 2.19. The van der Waals surface area contributed by atoms with Crippen molar-refractivity contribution < 1.29 is 9.90 Å². The second-order valence-corrected chi connectivity index (χ2v) is 11.0. The number of hydrogen-bond donors (Lipinski definition) is 1. The van der Waals surface area contributed by atoms with Gasteiger partial charge in [0.2, 0.25) is 0 Å². The Hall–Kier alpha value is -3.65. The van der Waals surface area contributed by atoms with Crippen molar-refractivity contribution in [2.75, 3.05) is 0 Å². The van der Waals surface area contributed by atoms with Crippen molar-refractivity contribution in [3.63, 3.8) is 0 Å². The van der Waals surface area contributed by atoms with E-state index < -0.39 is 5.97 Å². The van der Waals surface area contributed by atoms with Crippen LogP contribution < -0.4 is 0 Å². The van der Waals surface area contributed by atoms with Gasteiger partial charge in [-0.25, -0.2) is 0 Å². The van der Waals surface area contributed by atoms with Crippen molar-refractivity contribution in [2.24, 2.45) is 0 Å². The van der Waals surface area contributed by atoms with Gasteiger partial charge in [0.05, 0.1) is 0 Å². The molecule has 0 aliphatic carbocycles. The van der Waals surface area contributed by atoms with Crippen LogP contribution in [-0.2, 0) is 4.79 Å². The van der Waals surface area contributed by atoms with E-state index in [1.807, 2.05) is 0 Å². The molecule has 0 heterocycles. The maximum absolute atomic E-state index is 10.2. The number of carboxylic acid groups (broad SMARTS) is 1. The van der Waals surface area contributed by atoms with Gasteiger partial charge < -0.3 is 5.11 Å². The highest BCUT2D eigenvalue weighted by molar-refractivity contribution is 6.44. The first kappa shape index (κ1) is 24.7. The van der Waals surface area contributed by atoms with Crippen LogP contribution in [0.5, 0.6) is 0 Å². The van der Waals surface area contributed by atoms with Crippen LogP contribution in [0.2, 0.25) is 0 Å². The maximum Gasteiger partial charge on any atom is 0.303 e.